The fraction of sp³-hybridized carbons (Fsp3) is 1.00. The van der Waals surface area contributed by atoms with Crippen molar-refractivity contribution in [3.63, 3.8) is 0 Å². The summed E-state index contributed by atoms with van der Waals surface area (Å²) in [6.45, 7) is 9.05. The molecule has 0 aromatic rings. The van der Waals surface area contributed by atoms with Gasteiger partial charge in [-0.15, -0.1) is 0 Å². The largest absolute Gasteiger partial charge is 0.393 e. The van der Waals surface area contributed by atoms with Gasteiger partial charge in [0.25, 0.3) is 0 Å². The third kappa shape index (κ3) is 1.60. The van der Waals surface area contributed by atoms with Crippen LogP contribution >= 0.6 is 0 Å². The highest BCUT2D eigenvalue weighted by molar-refractivity contribution is 5.08. The fourth-order valence-electron chi connectivity index (χ4n) is 5.09. The molecular weight excluding hydrogens is 212 g/mol. The number of fused-ring (bicyclic) bond motifs is 2. The van der Waals surface area contributed by atoms with Gasteiger partial charge >= 0.3 is 0 Å². The van der Waals surface area contributed by atoms with Crippen LogP contribution < -0.4 is 0 Å². The fourth-order valence-corrected chi connectivity index (χ4v) is 5.09. The zero-order valence-corrected chi connectivity index (χ0v) is 11.6. The standard InChI is InChI=1S/C15H26O2/c1-9-7-12(16)13-11(9)8-10-5-6-15(13,4)17-14(10,2)3/h9-13,16H,5-8H2,1-4H3/t9-,10-,11-,12-,13-,15+/m1/s1. The van der Waals surface area contributed by atoms with Crippen molar-refractivity contribution in [3.8, 4) is 0 Å². The summed E-state index contributed by atoms with van der Waals surface area (Å²) < 4.78 is 6.46. The van der Waals surface area contributed by atoms with Crippen molar-refractivity contribution in [2.75, 3.05) is 0 Å². The topological polar surface area (TPSA) is 29.5 Å². The highest BCUT2D eigenvalue weighted by atomic mass is 16.5. The molecule has 4 aliphatic rings. The van der Waals surface area contributed by atoms with Crippen LogP contribution in [0.15, 0.2) is 0 Å². The molecule has 2 nitrogen and oxygen atoms in total. The maximum atomic E-state index is 10.4. The zero-order valence-electron chi connectivity index (χ0n) is 11.6. The van der Waals surface area contributed by atoms with Crippen molar-refractivity contribution in [2.24, 2.45) is 23.7 Å². The van der Waals surface area contributed by atoms with Gasteiger partial charge in [0.2, 0.25) is 0 Å². The second-order valence-corrected chi connectivity index (χ2v) is 7.46. The van der Waals surface area contributed by atoms with Gasteiger partial charge in [0.15, 0.2) is 0 Å². The number of hydrogen-bond acceptors (Lipinski definition) is 2. The summed E-state index contributed by atoms with van der Waals surface area (Å²) >= 11 is 0. The van der Waals surface area contributed by atoms with E-state index in [9.17, 15) is 5.11 Å². The minimum atomic E-state index is -0.146. The van der Waals surface area contributed by atoms with Crippen molar-refractivity contribution in [2.45, 2.75) is 70.7 Å². The Labute approximate surface area is 105 Å². The highest BCUT2D eigenvalue weighted by Gasteiger charge is 2.59. The van der Waals surface area contributed by atoms with E-state index in [2.05, 4.69) is 27.7 Å². The Bertz CT molecular complexity index is 325. The van der Waals surface area contributed by atoms with Crippen LogP contribution in [0.5, 0.6) is 0 Å². The maximum Gasteiger partial charge on any atom is 0.0717 e. The van der Waals surface area contributed by atoms with Gasteiger partial charge < -0.3 is 9.84 Å². The zero-order chi connectivity index (χ0) is 12.4. The van der Waals surface area contributed by atoms with E-state index < -0.39 is 0 Å². The number of ether oxygens (including phenoxy) is 1. The van der Waals surface area contributed by atoms with E-state index in [4.69, 9.17) is 4.74 Å². The van der Waals surface area contributed by atoms with E-state index in [0.717, 1.165) is 12.8 Å². The Kier molecular flexibility index (Phi) is 2.45. The average Bonchev–Trinajstić information content (AvgIpc) is 2.36. The van der Waals surface area contributed by atoms with Gasteiger partial charge in [-0.3, -0.25) is 0 Å². The summed E-state index contributed by atoms with van der Waals surface area (Å²) in [5.74, 6) is 2.37. The van der Waals surface area contributed by atoms with E-state index in [1.165, 1.54) is 12.8 Å². The number of aliphatic hydroxyl groups excluding tert-OH is 1. The van der Waals surface area contributed by atoms with Crippen LogP contribution in [0.25, 0.3) is 0 Å². The van der Waals surface area contributed by atoms with Crippen molar-refractivity contribution in [3.05, 3.63) is 0 Å². The van der Waals surface area contributed by atoms with E-state index in [1.54, 1.807) is 0 Å². The van der Waals surface area contributed by atoms with Crippen LogP contribution in [0.3, 0.4) is 0 Å². The molecule has 2 aliphatic heterocycles. The summed E-state index contributed by atoms with van der Waals surface area (Å²) in [4.78, 5) is 0. The second kappa shape index (κ2) is 3.48. The Morgan fingerprint density at radius 1 is 1.18 bits per heavy atom. The quantitative estimate of drug-likeness (QED) is 0.703. The van der Waals surface area contributed by atoms with Gasteiger partial charge in [-0.05, 0) is 64.2 Å². The molecule has 98 valence electrons. The van der Waals surface area contributed by atoms with Crippen LogP contribution in [-0.4, -0.2) is 22.4 Å². The summed E-state index contributed by atoms with van der Waals surface area (Å²) in [7, 11) is 0. The lowest BCUT2D eigenvalue weighted by molar-refractivity contribution is -0.209. The summed E-state index contributed by atoms with van der Waals surface area (Å²) in [5.41, 5.74) is -0.0951. The third-order valence-electron chi connectivity index (χ3n) is 5.95. The molecule has 0 spiro atoms. The first kappa shape index (κ1) is 12.0. The normalized spacial score (nSPS) is 56.6. The molecule has 17 heavy (non-hydrogen) atoms. The highest BCUT2D eigenvalue weighted by Crippen LogP contribution is 2.58. The monoisotopic (exact) mass is 238 g/mol. The van der Waals surface area contributed by atoms with Crippen LogP contribution in [0.1, 0.15) is 53.4 Å². The molecule has 2 saturated heterocycles. The molecule has 2 heteroatoms. The maximum absolute atomic E-state index is 10.4. The Balaban J connectivity index is 2.01. The van der Waals surface area contributed by atoms with Crippen LogP contribution in [0.2, 0.25) is 0 Å². The van der Waals surface area contributed by atoms with E-state index in [-0.39, 0.29) is 17.3 Å². The van der Waals surface area contributed by atoms with Crippen LogP contribution in [-0.2, 0) is 4.74 Å². The molecule has 6 atom stereocenters. The minimum absolute atomic E-state index is 0.00319. The first-order chi connectivity index (χ1) is 7.83. The molecule has 2 heterocycles. The molecule has 2 saturated carbocycles. The van der Waals surface area contributed by atoms with Gasteiger partial charge in [0.05, 0.1) is 17.3 Å². The number of hydrogen-bond donors (Lipinski definition) is 1. The molecule has 4 rings (SSSR count). The second-order valence-electron chi connectivity index (χ2n) is 7.46. The smallest absolute Gasteiger partial charge is 0.0717 e. The summed E-state index contributed by atoms with van der Waals surface area (Å²) in [6.07, 6.45) is 4.49. The minimum Gasteiger partial charge on any atom is -0.393 e. The van der Waals surface area contributed by atoms with Gasteiger partial charge in [-0.25, -0.2) is 0 Å². The van der Waals surface area contributed by atoms with Gasteiger partial charge in [-0.1, -0.05) is 6.92 Å². The van der Waals surface area contributed by atoms with Crippen LogP contribution in [0.4, 0.5) is 0 Å². The molecule has 4 fully saturated rings. The van der Waals surface area contributed by atoms with E-state index in [1.807, 2.05) is 0 Å². The SMILES string of the molecule is C[C@@H]1C[C@@H](O)[C@H]2[C@@H]1C[C@H]1CC[C@]2(C)OC1(C)C. The molecule has 0 radical (unpaired) electrons. The van der Waals surface area contributed by atoms with Crippen molar-refractivity contribution in [1.82, 2.24) is 0 Å². The van der Waals surface area contributed by atoms with Gasteiger partial charge in [-0.2, -0.15) is 0 Å². The lowest BCUT2D eigenvalue weighted by Crippen LogP contribution is -2.51. The van der Waals surface area contributed by atoms with Crippen molar-refractivity contribution in [1.29, 1.82) is 0 Å². The predicted molar refractivity (Wildman–Crippen MR) is 67.7 cm³/mol. The molecule has 2 aliphatic carbocycles. The van der Waals surface area contributed by atoms with Gasteiger partial charge in [0.1, 0.15) is 0 Å². The lowest BCUT2D eigenvalue weighted by Gasteiger charge is -2.48. The van der Waals surface area contributed by atoms with E-state index in [0.29, 0.717) is 23.7 Å². The van der Waals surface area contributed by atoms with E-state index >= 15 is 0 Å². The van der Waals surface area contributed by atoms with Crippen LogP contribution in [0, 0.1) is 23.7 Å². The first-order valence-corrected chi connectivity index (χ1v) is 7.22. The first-order valence-electron chi connectivity index (χ1n) is 7.22. The molecular formula is C15H26O2. The Hall–Kier alpha value is -0.0800. The molecule has 0 aromatic heterocycles. The summed E-state index contributed by atoms with van der Waals surface area (Å²) in [5, 5.41) is 10.4. The Morgan fingerprint density at radius 3 is 2.53 bits per heavy atom. The number of aliphatic hydroxyl groups is 1. The molecule has 0 unspecified atom stereocenters. The summed E-state index contributed by atoms with van der Waals surface area (Å²) in [6, 6.07) is 0. The Morgan fingerprint density at radius 2 is 1.88 bits per heavy atom. The molecule has 0 aromatic carbocycles. The van der Waals surface area contributed by atoms with Crippen molar-refractivity contribution >= 4 is 0 Å². The molecule has 2 bridgehead atoms. The third-order valence-corrected chi connectivity index (χ3v) is 5.95. The van der Waals surface area contributed by atoms with Crippen molar-refractivity contribution < 1.29 is 9.84 Å². The lowest BCUT2D eigenvalue weighted by atomic mass is 9.77. The molecule has 0 amide bonds. The molecule has 1 N–H and O–H groups in total. The van der Waals surface area contributed by atoms with Gasteiger partial charge in [0, 0.05) is 5.92 Å². The predicted octanol–water partition coefficient (Wildman–Crippen LogP) is 2.99. The number of rotatable bonds is 0. The average molecular weight is 238 g/mol.